The predicted octanol–water partition coefficient (Wildman–Crippen LogP) is 7.87. The van der Waals surface area contributed by atoms with Gasteiger partial charge in [-0.2, -0.15) is 13.2 Å². The van der Waals surface area contributed by atoms with E-state index in [1.54, 1.807) is 12.1 Å². The average molecular weight is 450 g/mol. The maximum atomic E-state index is 14.2. The van der Waals surface area contributed by atoms with E-state index < -0.39 is 34.7 Å². The lowest BCUT2D eigenvalue weighted by atomic mass is 10.0. The Morgan fingerprint density at radius 1 is 0.906 bits per heavy atom. The van der Waals surface area contributed by atoms with E-state index in [0.29, 0.717) is 11.6 Å². The molecule has 0 saturated carbocycles. The molecule has 32 heavy (non-hydrogen) atoms. The van der Waals surface area contributed by atoms with Crippen molar-refractivity contribution in [2.75, 3.05) is 0 Å². The number of unbranched alkanes of at least 4 members (excludes halogenated alkanes) is 4. The number of fused-ring (bicyclic) bond motifs is 1. The summed E-state index contributed by atoms with van der Waals surface area (Å²) in [6, 6.07) is 10.9. The molecule has 0 heterocycles. The van der Waals surface area contributed by atoms with Crippen molar-refractivity contribution in [1.29, 1.82) is 0 Å². The van der Waals surface area contributed by atoms with Crippen LogP contribution in [0.1, 0.15) is 60.5 Å². The molecule has 0 N–H and O–H groups in total. The fourth-order valence-electron chi connectivity index (χ4n) is 3.54. The lowest BCUT2D eigenvalue weighted by Gasteiger charge is -2.12. The molecule has 0 amide bonds. The predicted molar refractivity (Wildman–Crippen MR) is 113 cm³/mol. The smallest absolute Gasteiger partial charge is 0.422 e. The van der Waals surface area contributed by atoms with Crippen LogP contribution in [0, 0.1) is 11.6 Å². The number of rotatable bonds is 8. The lowest BCUT2D eigenvalue weighted by Crippen LogP contribution is -2.12. The van der Waals surface area contributed by atoms with Crippen LogP contribution >= 0.6 is 0 Å². The second-order valence-corrected chi connectivity index (χ2v) is 7.68. The zero-order chi connectivity index (χ0) is 23.3. The summed E-state index contributed by atoms with van der Waals surface area (Å²) in [5, 5.41) is -0.557. The topological polar surface area (TPSA) is 26.3 Å². The van der Waals surface area contributed by atoms with Gasteiger partial charge in [0.15, 0.2) is 0 Å². The van der Waals surface area contributed by atoms with Gasteiger partial charge >= 0.3 is 12.1 Å². The Morgan fingerprint density at radius 3 is 2.25 bits per heavy atom. The number of ether oxygens (including phenoxy) is 1. The van der Waals surface area contributed by atoms with Crippen LogP contribution in [0.4, 0.5) is 22.0 Å². The molecule has 170 valence electrons. The summed E-state index contributed by atoms with van der Waals surface area (Å²) in [6.07, 6.45) is 1.61. The molecular weight excluding hydrogens is 427 g/mol. The van der Waals surface area contributed by atoms with Gasteiger partial charge in [-0.25, -0.2) is 13.6 Å². The molecule has 0 radical (unpaired) electrons. The van der Waals surface area contributed by atoms with Gasteiger partial charge in [0.25, 0.3) is 0 Å². The van der Waals surface area contributed by atoms with Crippen molar-refractivity contribution >= 4 is 16.7 Å². The summed E-state index contributed by atoms with van der Waals surface area (Å²) in [5.41, 5.74) is -0.542. The van der Waals surface area contributed by atoms with Crippen LogP contribution in [0.2, 0.25) is 0 Å². The number of hydrogen-bond donors (Lipinski definition) is 0. The standard InChI is InChI=1S/C25H23F5O2/c1-2-3-4-5-6-7-16-8-10-17(11-9-16)24(31)32-19-12-13-20-18(14-19)15-21(26)22(23(20)27)25(28,29)30/h8-15H,2-7H2,1H3. The molecule has 3 aromatic carbocycles. The zero-order valence-corrected chi connectivity index (χ0v) is 17.6. The summed E-state index contributed by atoms with van der Waals surface area (Å²) in [5.74, 6) is -4.13. The van der Waals surface area contributed by atoms with Gasteiger partial charge in [-0.1, -0.05) is 44.7 Å². The molecule has 0 aromatic heterocycles. The summed E-state index contributed by atoms with van der Waals surface area (Å²) in [7, 11) is 0. The summed E-state index contributed by atoms with van der Waals surface area (Å²) in [4.78, 5) is 12.4. The van der Waals surface area contributed by atoms with Crippen molar-refractivity contribution in [2.24, 2.45) is 0 Å². The van der Waals surface area contributed by atoms with E-state index in [1.807, 2.05) is 12.1 Å². The molecule has 0 atom stereocenters. The minimum Gasteiger partial charge on any atom is -0.423 e. The highest BCUT2D eigenvalue weighted by atomic mass is 19.4. The van der Waals surface area contributed by atoms with E-state index in [0.717, 1.165) is 37.0 Å². The van der Waals surface area contributed by atoms with Crippen LogP contribution in [0.5, 0.6) is 5.75 Å². The van der Waals surface area contributed by atoms with Crippen LogP contribution in [-0.2, 0) is 12.6 Å². The van der Waals surface area contributed by atoms with Crippen molar-refractivity contribution in [3.63, 3.8) is 0 Å². The van der Waals surface area contributed by atoms with Gasteiger partial charge in [-0.15, -0.1) is 0 Å². The summed E-state index contributed by atoms with van der Waals surface area (Å²) >= 11 is 0. The largest absolute Gasteiger partial charge is 0.423 e. The van der Waals surface area contributed by atoms with E-state index >= 15 is 0 Å². The van der Waals surface area contributed by atoms with Crippen molar-refractivity contribution < 1.29 is 31.5 Å². The van der Waals surface area contributed by atoms with Crippen LogP contribution < -0.4 is 4.74 Å². The molecule has 0 fully saturated rings. The number of hydrogen-bond acceptors (Lipinski definition) is 2. The molecule has 0 saturated heterocycles. The van der Waals surface area contributed by atoms with E-state index in [9.17, 15) is 26.7 Å². The number of halogens is 5. The molecule has 0 spiro atoms. The Bertz CT molecular complexity index is 1090. The number of benzene rings is 3. The Morgan fingerprint density at radius 2 is 1.59 bits per heavy atom. The highest BCUT2D eigenvalue weighted by Crippen LogP contribution is 2.37. The molecule has 0 aliphatic heterocycles. The summed E-state index contributed by atoms with van der Waals surface area (Å²) in [6.45, 7) is 2.16. The number of carbonyl (C=O) groups excluding carboxylic acids is 1. The molecule has 7 heteroatoms. The fourth-order valence-corrected chi connectivity index (χ4v) is 3.54. The number of carbonyl (C=O) groups is 1. The highest BCUT2D eigenvalue weighted by Gasteiger charge is 2.38. The molecule has 2 nitrogen and oxygen atoms in total. The first-order chi connectivity index (χ1) is 15.2. The third-order valence-corrected chi connectivity index (χ3v) is 5.25. The van der Waals surface area contributed by atoms with Crippen LogP contribution in [0.25, 0.3) is 10.8 Å². The van der Waals surface area contributed by atoms with Crippen LogP contribution in [0.3, 0.4) is 0 Å². The molecule has 0 unspecified atom stereocenters. The first-order valence-electron chi connectivity index (χ1n) is 10.5. The fraction of sp³-hybridized carbons (Fsp3) is 0.320. The van der Waals surface area contributed by atoms with Gasteiger partial charge in [-0.05, 0) is 60.2 Å². The van der Waals surface area contributed by atoms with Crippen molar-refractivity contribution in [3.05, 3.63) is 76.9 Å². The monoisotopic (exact) mass is 450 g/mol. The Labute approximate surface area is 183 Å². The maximum absolute atomic E-state index is 14.2. The van der Waals surface area contributed by atoms with Gasteiger partial charge in [0.05, 0.1) is 5.56 Å². The van der Waals surface area contributed by atoms with Crippen LogP contribution in [-0.4, -0.2) is 5.97 Å². The van der Waals surface area contributed by atoms with E-state index in [-0.39, 0.29) is 11.1 Å². The normalized spacial score (nSPS) is 11.7. The van der Waals surface area contributed by atoms with E-state index in [4.69, 9.17) is 4.74 Å². The van der Waals surface area contributed by atoms with Gasteiger partial charge in [-0.3, -0.25) is 0 Å². The minimum absolute atomic E-state index is 0.0268. The van der Waals surface area contributed by atoms with Crippen LogP contribution in [0.15, 0.2) is 48.5 Å². The SMILES string of the molecule is CCCCCCCc1ccc(C(=O)Oc2ccc3c(F)c(C(F)(F)F)c(F)cc3c2)cc1. The third-order valence-electron chi connectivity index (χ3n) is 5.25. The molecule has 0 bridgehead atoms. The van der Waals surface area contributed by atoms with Gasteiger partial charge in [0, 0.05) is 5.39 Å². The van der Waals surface area contributed by atoms with Gasteiger partial charge in [0.2, 0.25) is 0 Å². The van der Waals surface area contributed by atoms with Crippen molar-refractivity contribution in [2.45, 2.75) is 51.6 Å². The third kappa shape index (κ3) is 5.64. The zero-order valence-electron chi connectivity index (χ0n) is 17.6. The first kappa shape index (κ1) is 23.7. The molecule has 3 rings (SSSR count). The molecular formula is C25H23F5O2. The second-order valence-electron chi connectivity index (χ2n) is 7.68. The molecule has 0 aliphatic carbocycles. The molecule has 3 aromatic rings. The van der Waals surface area contributed by atoms with Gasteiger partial charge in [0.1, 0.15) is 22.9 Å². The Balaban J connectivity index is 1.70. The maximum Gasteiger partial charge on any atom is 0.422 e. The van der Waals surface area contributed by atoms with Crippen molar-refractivity contribution in [3.8, 4) is 5.75 Å². The van der Waals surface area contributed by atoms with Gasteiger partial charge < -0.3 is 4.74 Å². The molecule has 0 aliphatic rings. The highest BCUT2D eigenvalue weighted by molar-refractivity contribution is 5.92. The Hall–Kier alpha value is -2.96. The summed E-state index contributed by atoms with van der Waals surface area (Å²) < 4.78 is 71.9. The number of esters is 1. The number of aryl methyl sites for hydroxylation is 1. The minimum atomic E-state index is -5.16. The quantitative estimate of drug-likeness (QED) is 0.151. The first-order valence-corrected chi connectivity index (χ1v) is 10.5. The second kappa shape index (κ2) is 10.1. The Kier molecular flexibility index (Phi) is 7.48. The average Bonchev–Trinajstić information content (AvgIpc) is 2.72. The number of alkyl halides is 3. The lowest BCUT2D eigenvalue weighted by molar-refractivity contribution is -0.142. The van der Waals surface area contributed by atoms with Crippen molar-refractivity contribution in [1.82, 2.24) is 0 Å². The van der Waals surface area contributed by atoms with E-state index in [1.165, 1.54) is 25.3 Å². The van der Waals surface area contributed by atoms with E-state index in [2.05, 4.69) is 6.92 Å².